The van der Waals surface area contributed by atoms with Crippen LogP contribution in [0.4, 0.5) is 0 Å². The first kappa shape index (κ1) is 13.1. The van der Waals surface area contributed by atoms with Crippen LogP contribution in [-0.4, -0.2) is 5.33 Å². The lowest BCUT2D eigenvalue weighted by Gasteiger charge is -2.03. The SMILES string of the molecule is CCC(=Cc1ccc(-c2ccccc2)cc1)CBr. The summed E-state index contributed by atoms with van der Waals surface area (Å²) < 4.78 is 0. The second kappa shape index (κ2) is 6.55. The number of allylic oxidation sites excluding steroid dienone is 1. The van der Waals surface area contributed by atoms with Crippen LogP contribution in [0.3, 0.4) is 0 Å². The van der Waals surface area contributed by atoms with E-state index in [0.717, 1.165) is 11.8 Å². The van der Waals surface area contributed by atoms with Gasteiger partial charge in [-0.1, -0.05) is 89.1 Å². The van der Waals surface area contributed by atoms with Gasteiger partial charge in [0.25, 0.3) is 0 Å². The van der Waals surface area contributed by atoms with Crippen molar-refractivity contribution in [3.05, 3.63) is 65.7 Å². The quantitative estimate of drug-likeness (QED) is 0.650. The molecule has 0 unspecified atom stereocenters. The largest absolute Gasteiger partial charge is 0.0880 e. The molecule has 0 atom stereocenters. The highest BCUT2D eigenvalue weighted by molar-refractivity contribution is 9.09. The Morgan fingerprint density at radius 3 is 2.11 bits per heavy atom. The fourth-order valence-corrected chi connectivity index (χ4v) is 2.43. The van der Waals surface area contributed by atoms with Crippen LogP contribution in [0.2, 0.25) is 0 Å². The molecule has 0 heterocycles. The molecule has 0 amide bonds. The third-order valence-corrected chi connectivity index (χ3v) is 3.73. The standard InChI is InChI=1S/C17H17Br/c1-2-14(13-18)12-15-8-10-17(11-9-15)16-6-4-3-5-7-16/h3-12H,2,13H2,1H3. The Balaban J connectivity index is 2.23. The van der Waals surface area contributed by atoms with Gasteiger partial charge in [-0.05, 0) is 23.1 Å². The fraction of sp³-hybridized carbons (Fsp3) is 0.176. The molecule has 0 radical (unpaired) electrons. The van der Waals surface area contributed by atoms with Crippen LogP contribution in [0.1, 0.15) is 18.9 Å². The van der Waals surface area contributed by atoms with Gasteiger partial charge in [-0.3, -0.25) is 0 Å². The van der Waals surface area contributed by atoms with Crippen LogP contribution in [0.5, 0.6) is 0 Å². The van der Waals surface area contributed by atoms with E-state index in [1.807, 2.05) is 6.07 Å². The van der Waals surface area contributed by atoms with Crippen molar-refractivity contribution in [2.24, 2.45) is 0 Å². The molecule has 0 aliphatic heterocycles. The van der Waals surface area contributed by atoms with Crippen LogP contribution in [0, 0.1) is 0 Å². The molecule has 2 aromatic carbocycles. The Morgan fingerprint density at radius 1 is 0.944 bits per heavy atom. The lowest BCUT2D eigenvalue weighted by atomic mass is 10.0. The normalized spacial score (nSPS) is 11.6. The molecular weight excluding hydrogens is 284 g/mol. The van der Waals surface area contributed by atoms with E-state index in [1.165, 1.54) is 22.3 Å². The molecule has 0 fully saturated rings. The number of hydrogen-bond donors (Lipinski definition) is 0. The highest BCUT2D eigenvalue weighted by Gasteiger charge is 1.97. The van der Waals surface area contributed by atoms with Crippen molar-refractivity contribution in [2.45, 2.75) is 13.3 Å². The molecule has 1 heteroatoms. The molecule has 2 rings (SSSR count). The minimum Gasteiger partial charge on any atom is -0.0880 e. The van der Waals surface area contributed by atoms with Crippen LogP contribution in [-0.2, 0) is 0 Å². The highest BCUT2D eigenvalue weighted by atomic mass is 79.9. The summed E-state index contributed by atoms with van der Waals surface area (Å²) in [5.41, 5.74) is 5.22. The minimum absolute atomic E-state index is 0.948. The highest BCUT2D eigenvalue weighted by Crippen LogP contribution is 2.20. The zero-order chi connectivity index (χ0) is 12.8. The minimum atomic E-state index is 0.948. The summed E-state index contributed by atoms with van der Waals surface area (Å²) >= 11 is 3.52. The van der Waals surface area contributed by atoms with E-state index in [9.17, 15) is 0 Å². The van der Waals surface area contributed by atoms with Crippen molar-refractivity contribution >= 4 is 22.0 Å². The molecule has 0 bridgehead atoms. The summed E-state index contributed by atoms with van der Waals surface area (Å²) in [6, 6.07) is 19.2. The first-order chi connectivity index (χ1) is 8.83. The maximum atomic E-state index is 3.52. The zero-order valence-corrected chi connectivity index (χ0v) is 12.2. The average Bonchev–Trinajstić information content (AvgIpc) is 2.46. The zero-order valence-electron chi connectivity index (χ0n) is 10.6. The molecule has 0 N–H and O–H groups in total. The molecule has 0 aliphatic rings. The topological polar surface area (TPSA) is 0 Å². The molecule has 0 saturated heterocycles. The van der Waals surface area contributed by atoms with Gasteiger partial charge in [-0.25, -0.2) is 0 Å². The molecule has 0 aromatic heterocycles. The lowest BCUT2D eigenvalue weighted by Crippen LogP contribution is -1.83. The fourth-order valence-electron chi connectivity index (χ4n) is 1.87. The van der Waals surface area contributed by atoms with Gasteiger partial charge >= 0.3 is 0 Å². The van der Waals surface area contributed by atoms with Crippen LogP contribution in [0.15, 0.2) is 60.2 Å². The van der Waals surface area contributed by atoms with Crippen LogP contribution in [0.25, 0.3) is 17.2 Å². The monoisotopic (exact) mass is 300 g/mol. The Kier molecular flexibility index (Phi) is 4.77. The average molecular weight is 301 g/mol. The van der Waals surface area contributed by atoms with Gasteiger partial charge < -0.3 is 0 Å². The van der Waals surface area contributed by atoms with Crippen molar-refractivity contribution in [1.29, 1.82) is 0 Å². The maximum absolute atomic E-state index is 3.52. The molecule has 2 aromatic rings. The second-order valence-electron chi connectivity index (χ2n) is 4.28. The summed E-state index contributed by atoms with van der Waals surface area (Å²) in [5.74, 6) is 0. The summed E-state index contributed by atoms with van der Waals surface area (Å²) in [4.78, 5) is 0. The molecule has 18 heavy (non-hydrogen) atoms. The number of alkyl halides is 1. The summed E-state index contributed by atoms with van der Waals surface area (Å²) in [6.07, 6.45) is 3.34. The van der Waals surface area contributed by atoms with Crippen LogP contribution < -0.4 is 0 Å². The molecule has 0 spiro atoms. The van der Waals surface area contributed by atoms with E-state index in [-0.39, 0.29) is 0 Å². The van der Waals surface area contributed by atoms with Crippen molar-refractivity contribution in [1.82, 2.24) is 0 Å². The van der Waals surface area contributed by atoms with Gasteiger partial charge in [-0.2, -0.15) is 0 Å². The third kappa shape index (κ3) is 3.33. The number of halogens is 1. The van der Waals surface area contributed by atoms with Crippen molar-refractivity contribution in [3.8, 4) is 11.1 Å². The number of hydrogen-bond acceptors (Lipinski definition) is 0. The number of benzene rings is 2. The van der Waals surface area contributed by atoms with E-state index in [4.69, 9.17) is 0 Å². The summed E-state index contributed by atoms with van der Waals surface area (Å²) in [6.45, 7) is 2.19. The van der Waals surface area contributed by atoms with Gasteiger partial charge in [-0.15, -0.1) is 0 Å². The third-order valence-electron chi connectivity index (χ3n) is 3.01. The summed E-state index contributed by atoms with van der Waals surface area (Å²) in [7, 11) is 0. The maximum Gasteiger partial charge on any atom is 0.0245 e. The Hall–Kier alpha value is -1.34. The van der Waals surface area contributed by atoms with E-state index in [0.29, 0.717) is 0 Å². The summed E-state index contributed by atoms with van der Waals surface area (Å²) in [5, 5.41) is 0.948. The first-order valence-corrected chi connectivity index (χ1v) is 7.36. The van der Waals surface area contributed by atoms with Gasteiger partial charge in [0.05, 0.1) is 0 Å². The van der Waals surface area contributed by atoms with Gasteiger partial charge in [0.15, 0.2) is 0 Å². The van der Waals surface area contributed by atoms with E-state index in [2.05, 4.69) is 77.5 Å². The van der Waals surface area contributed by atoms with Gasteiger partial charge in [0.2, 0.25) is 0 Å². The molecule has 0 aliphatic carbocycles. The van der Waals surface area contributed by atoms with Gasteiger partial charge in [0, 0.05) is 5.33 Å². The van der Waals surface area contributed by atoms with E-state index < -0.39 is 0 Å². The lowest BCUT2D eigenvalue weighted by molar-refractivity contribution is 1.12. The predicted octanol–water partition coefficient (Wildman–Crippen LogP) is 5.54. The second-order valence-corrected chi connectivity index (χ2v) is 4.84. The van der Waals surface area contributed by atoms with Crippen LogP contribution >= 0.6 is 15.9 Å². The van der Waals surface area contributed by atoms with Crippen molar-refractivity contribution in [2.75, 3.05) is 5.33 Å². The Bertz CT molecular complexity index is 503. The Morgan fingerprint density at radius 2 is 1.56 bits per heavy atom. The predicted molar refractivity (Wildman–Crippen MR) is 83.9 cm³/mol. The molecule has 0 nitrogen and oxygen atoms in total. The molecular formula is C17H17Br. The van der Waals surface area contributed by atoms with Crippen molar-refractivity contribution < 1.29 is 0 Å². The number of rotatable bonds is 4. The molecule has 0 saturated carbocycles. The smallest absolute Gasteiger partial charge is 0.0245 e. The Labute approximate surface area is 117 Å². The van der Waals surface area contributed by atoms with E-state index >= 15 is 0 Å². The van der Waals surface area contributed by atoms with E-state index in [1.54, 1.807) is 0 Å². The first-order valence-electron chi connectivity index (χ1n) is 6.24. The van der Waals surface area contributed by atoms with Gasteiger partial charge in [0.1, 0.15) is 0 Å². The van der Waals surface area contributed by atoms with Crippen molar-refractivity contribution in [3.63, 3.8) is 0 Å². The molecule has 92 valence electrons.